The third kappa shape index (κ3) is 4.24. The van der Waals surface area contributed by atoms with Gasteiger partial charge in [-0.3, -0.25) is 9.69 Å². The second kappa shape index (κ2) is 6.41. The van der Waals surface area contributed by atoms with Crippen LogP contribution in [0, 0.1) is 0 Å². The van der Waals surface area contributed by atoms with E-state index in [9.17, 15) is 18.3 Å². The van der Waals surface area contributed by atoms with E-state index in [1.54, 1.807) is 11.8 Å². The van der Waals surface area contributed by atoms with Gasteiger partial charge in [0.15, 0.2) is 0 Å². The van der Waals surface area contributed by atoms with Crippen LogP contribution in [0.2, 0.25) is 0 Å². The van der Waals surface area contributed by atoms with E-state index in [-0.39, 0.29) is 16.2 Å². The summed E-state index contributed by atoms with van der Waals surface area (Å²) in [5, 5.41) is 15.9. The van der Waals surface area contributed by atoms with Crippen LogP contribution in [0.3, 0.4) is 0 Å². The minimum atomic E-state index is -3.76. The van der Waals surface area contributed by atoms with E-state index in [2.05, 4.69) is 4.90 Å². The van der Waals surface area contributed by atoms with Crippen molar-refractivity contribution in [2.75, 3.05) is 32.7 Å². The highest BCUT2D eigenvalue weighted by Crippen LogP contribution is 2.20. The van der Waals surface area contributed by atoms with E-state index in [1.165, 1.54) is 11.4 Å². The SMILES string of the molecule is CC(O)CN1CCN(C(=O)c2csc(S(N)(=O)=O)c2)CC1. The van der Waals surface area contributed by atoms with Crippen LogP contribution in [0.1, 0.15) is 17.3 Å². The highest BCUT2D eigenvalue weighted by atomic mass is 32.2. The Morgan fingerprint density at radius 3 is 2.52 bits per heavy atom. The van der Waals surface area contributed by atoms with Gasteiger partial charge in [-0.05, 0) is 13.0 Å². The Bertz CT molecular complexity index is 604. The van der Waals surface area contributed by atoms with Crippen LogP contribution in [0.15, 0.2) is 15.7 Å². The molecule has 9 heteroatoms. The predicted octanol–water partition coefficient (Wildman–Crippen LogP) is -0.466. The minimum Gasteiger partial charge on any atom is -0.392 e. The van der Waals surface area contributed by atoms with Gasteiger partial charge in [-0.25, -0.2) is 13.6 Å². The van der Waals surface area contributed by atoms with E-state index < -0.39 is 10.0 Å². The van der Waals surface area contributed by atoms with Gasteiger partial charge in [0, 0.05) is 38.1 Å². The third-order valence-electron chi connectivity index (χ3n) is 3.28. The van der Waals surface area contributed by atoms with Crippen LogP contribution in [-0.4, -0.2) is 68.1 Å². The van der Waals surface area contributed by atoms with Gasteiger partial charge in [0.25, 0.3) is 5.91 Å². The molecule has 1 aromatic rings. The molecule has 1 fully saturated rings. The lowest BCUT2D eigenvalue weighted by Crippen LogP contribution is -2.50. The number of β-amino-alcohol motifs (C(OH)–C–C–N with tert-alkyl or cyclic N) is 1. The standard InChI is InChI=1S/C12H19N3O4S2/c1-9(16)7-14-2-4-15(5-3-14)12(17)10-6-11(20-8-10)21(13,18)19/h6,8-9,16H,2-5,7H2,1H3,(H2,13,18,19). The first-order chi connectivity index (χ1) is 9.77. The Kier molecular flexibility index (Phi) is 4.99. The number of rotatable bonds is 4. The molecule has 0 radical (unpaired) electrons. The average Bonchev–Trinajstić information content (AvgIpc) is 2.87. The molecule has 1 aliphatic heterocycles. The molecule has 1 aromatic heterocycles. The van der Waals surface area contributed by atoms with E-state index in [0.717, 1.165) is 11.3 Å². The number of amides is 1. The number of carbonyl (C=O) groups excluding carboxylic acids is 1. The van der Waals surface area contributed by atoms with Crippen LogP contribution >= 0.6 is 11.3 Å². The molecule has 21 heavy (non-hydrogen) atoms. The van der Waals surface area contributed by atoms with Crippen molar-refractivity contribution in [1.29, 1.82) is 0 Å². The van der Waals surface area contributed by atoms with Crippen molar-refractivity contribution >= 4 is 27.3 Å². The van der Waals surface area contributed by atoms with Gasteiger partial charge in [0.05, 0.1) is 11.7 Å². The lowest BCUT2D eigenvalue weighted by molar-refractivity contribution is 0.0554. The number of nitrogens with two attached hydrogens (primary N) is 1. The number of hydrogen-bond donors (Lipinski definition) is 2. The Balaban J connectivity index is 1.97. The van der Waals surface area contributed by atoms with Crippen LogP contribution in [0.5, 0.6) is 0 Å². The van der Waals surface area contributed by atoms with E-state index in [0.29, 0.717) is 38.3 Å². The lowest BCUT2D eigenvalue weighted by Gasteiger charge is -2.35. The summed E-state index contributed by atoms with van der Waals surface area (Å²) >= 11 is 0.954. The highest BCUT2D eigenvalue weighted by molar-refractivity contribution is 7.91. The summed E-state index contributed by atoms with van der Waals surface area (Å²) in [6, 6.07) is 1.32. The Labute approximate surface area is 128 Å². The van der Waals surface area contributed by atoms with Gasteiger partial charge in [-0.15, -0.1) is 11.3 Å². The highest BCUT2D eigenvalue weighted by Gasteiger charge is 2.24. The number of piperazine rings is 1. The molecule has 1 amide bonds. The molecule has 1 aliphatic rings. The smallest absolute Gasteiger partial charge is 0.254 e. The molecule has 1 saturated heterocycles. The summed E-state index contributed by atoms with van der Waals surface area (Å²) in [5.74, 6) is -0.183. The normalized spacial score (nSPS) is 18.7. The number of aliphatic hydroxyl groups excluding tert-OH is 1. The van der Waals surface area contributed by atoms with Gasteiger partial charge in [-0.1, -0.05) is 0 Å². The fourth-order valence-corrected chi connectivity index (χ4v) is 3.85. The van der Waals surface area contributed by atoms with Crippen molar-refractivity contribution in [3.8, 4) is 0 Å². The molecular formula is C12H19N3O4S2. The summed E-state index contributed by atoms with van der Waals surface area (Å²) in [7, 11) is -3.76. The van der Waals surface area contributed by atoms with Crippen LogP contribution in [0.25, 0.3) is 0 Å². The summed E-state index contributed by atoms with van der Waals surface area (Å²) in [6.45, 7) is 4.84. The largest absolute Gasteiger partial charge is 0.392 e. The van der Waals surface area contributed by atoms with Gasteiger partial charge < -0.3 is 10.0 Å². The second-order valence-corrected chi connectivity index (χ2v) is 7.84. The molecule has 1 unspecified atom stereocenters. The van der Waals surface area contributed by atoms with Crippen LogP contribution in [0.4, 0.5) is 0 Å². The average molecular weight is 333 g/mol. The van der Waals surface area contributed by atoms with E-state index in [1.807, 2.05) is 0 Å². The molecule has 2 heterocycles. The van der Waals surface area contributed by atoms with Crippen molar-refractivity contribution in [1.82, 2.24) is 9.80 Å². The molecule has 0 aliphatic carbocycles. The molecule has 2 rings (SSSR count). The van der Waals surface area contributed by atoms with Crippen molar-refractivity contribution in [3.63, 3.8) is 0 Å². The number of thiophene rings is 1. The molecule has 7 nitrogen and oxygen atoms in total. The molecule has 0 saturated carbocycles. The number of sulfonamides is 1. The summed E-state index contributed by atoms with van der Waals surface area (Å²) in [6.07, 6.45) is -0.388. The quantitative estimate of drug-likeness (QED) is 0.775. The van der Waals surface area contributed by atoms with Crippen LogP contribution < -0.4 is 5.14 Å². The maximum absolute atomic E-state index is 12.3. The topological polar surface area (TPSA) is 104 Å². The second-order valence-electron chi connectivity index (χ2n) is 5.14. The fraction of sp³-hybridized carbons (Fsp3) is 0.583. The van der Waals surface area contributed by atoms with Gasteiger partial charge in [0.2, 0.25) is 10.0 Å². The first-order valence-electron chi connectivity index (χ1n) is 6.58. The van der Waals surface area contributed by atoms with Crippen molar-refractivity contribution < 1.29 is 18.3 Å². The molecule has 1 atom stereocenters. The molecule has 0 aromatic carbocycles. The molecular weight excluding hydrogens is 314 g/mol. The Hall–Kier alpha value is -1.00. The lowest BCUT2D eigenvalue weighted by atomic mass is 10.2. The van der Waals surface area contributed by atoms with Crippen molar-refractivity contribution in [3.05, 3.63) is 17.0 Å². The van der Waals surface area contributed by atoms with Gasteiger partial charge in [0.1, 0.15) is 4.21 Å². The maximum Gasteiger partial charge on any atom is 0.254 e. The van der Waals surface area contributed by atoms with Gasteiger partial charge in [-0.2, -0.15) is 0 Å². The molecule has 0 spiro atoms. The Morgan fingerprint density at radius 1 is 1.43 bits per heavy atom. The number of nitrogens with zero attached hydrogens (tertiary/aromatic N) is 2. The summed E-state index contributed by atoms with van der Waals surface area (Å²) < 4.78 is 22.4. The van der Waals surface area contributed by atoms with Gasteiger partial charge >= 0.3 is 0 Å². The number of aliphatic hydroxyl groups is 1. The predicted molar refractivity (Wildman–Crippen MR) is 79.7 cm³/mol. The number of primary sulfonamides is 1. The Morgan fingerprint density at radius 2 is 2.05 bits per heavy atom. The first-order valence-corrected chi connectivity index (χ1v) is 9.01. The number of hydrogen-bond acceptors (Lipinski definition) is 6. The summed E-state index contributed by atoms with van der Waals surface area (Å²) in [5.41, 5.74) is 0.355. The zero-order chi connectivity index (χ0) is 15.6. The van der Waals surface area contributed by atoms with E-state index in [4.69, 9.17) is 5.14 Å². The first kappa shape index (κ1) is 16.4. The minimum absolute atomic E-state index is 0.00130. The fourth-order valence-electron chi connectivity index (χ4n) is 2.27. The maximum atomic E-state index is 12.3. The van der Waals surface area contributed by atoms with Crippen molar-refractivity contribution in [2.24, 2.45) is 5.14 Å². The number of carbonyl (C=O) groups is 1. The van der Waals surface area contributed by atoms with Crippen molar-refractivity contribution in [2.45, 2.75) is 17.2 Å². The molecule has 0 bridgehead atoms. The zero-order valence-electron chi connectivity index (χ0n) is 11.7. The van der Waals surface area contributed by atoms with E-state index >= 15 is 0 Å². The molecule has 118 valence electrons. The monoisotopic (exact) mass is 333 g/mol. The molecule has 3 N–H and O–H groups in total. The third-order valence-corrected chi connectivity index (χ3v) is 5.67. The summed E-state index contributed by atoms with van der Waals surface area (Å²) in [4.78, 5) is 16.1. The zero-order valence-corrected chi connectivity index (χ0v) is 13.4. The van der Waals surface area contributed by atoms with Crippen LogP contribution in [-0.2, 0) is 10.0 Å².